The third-order valence-corrected chi connectivity index (χ3v) is 3.76. The Kier molecular flexibility index (Phi) is 3.61. The summed E-state index contributed by atoms with van der Waals surface area (Å²) in [7, 11) is 0. The first kappa shape index (κ1) is 14.6. The summed E-state index contributed by atoms with van der Waals surface area (Å²) in [6.07, 6.45) is 0. The van der Waals surface area contributed by atoms with E-state index in [9.17, 15) is 4.39 Å². The van der Waals surface area contributed by atoms with Crippen LogP contribution in [0, 0.1) is 5.82 Å². The maximum absolute atomic E-state index is 14.3. The van der Waals surface area contributed by atoms with Gasteiger partial charge in [-0.1, -0.05) is 42.5 Å². The van der Waals surface area contributed by atoms with E-state index in [4.69, 9.17) is 0 Å². The molecular weight excluding hydrogens is 273 g/mol. The molecule has 3 aromatic carbocycles. The van der Waals surface area contributed by atoms with Crippen molar-refractivity contribution in [3.8, 4) is 0 Å². The van der Waals surface area contributed by atoms with Gasteiger partial charge in [0.25, 0.3) is 0 Å². The fourth-order valence-electron chi connectivity index (χ4n) is 2.84. The predicted octanol–water partition coefficient (Wildman–Crippen LogP) is 5.92. The van der Waals surface area contributed by atoms with Crippen molar-refractivity contribution in [3.05, 3.63) is 72.5 Å². The lowest BCUT2D eigenvalue weighted by Crippen LogP contribution is -2.38. The Hall–Kier alpha value is -2.35. The summed E-state index contributed by atoms with van der Waals surface area (Å²) in [5.41, 5.74) is 1.37. The quantitative estimate of drug-likeness (QED) is 0.567. The molecule has 0 saturated heterocycles. The van der Waals surface area contributed by atoms with Gasteiger partial charge in [-0.2, -0.15) is 0 Å². The first-order valence-electron chi connectivity index (χ1n) is 7.50. The van der Waals surface area contributed by atoms with Crippen molar-refractivity contribution in [2.75, 3.05) is 4.90 Å². The Balaban J connectivity index is 2.19. The van der Waals surface area contributed by atoms with Gasteiger partial charge >= 0.3 is 0 Å². The highest BCUT2D eigenvalue weighted by atomic mass is 19.1. The van der Waals surface area contributed by atoms with E-state index >= 15 is 0 Å². The average Bonchev–Trinajstić information content (AvgIpc) is 2.48. The van der Waals surface area contributed by atoms with E-state index in [1.165, 1.54) is 11.5 Å². The van der Waals surface area contributed by atoms with Crippen LogP contribution in [0.3, 0.4) is 0 Å². The second-order valence-electron chi connectivity index (χ2n) is 6.49. The van der Waals surface area contributed by atoms with Gasteiger partial charge < -0.3 is 4.90 Å². The molecule has 22 heavy (non-hydrogen) atoms. The van der Waals surface area contributed by atoms with Crippen LogP contribution in [0.25, 0.3) is 10.8 Å². The van der Waals surface area contributed by atoms with Gasteiger partial charge in [0, 0.05) is 11.2 Å². The molecule has 0 aliphatic heterocycles. The summed E-state index contributed by atoms with van der Waals surface area (Å²) in [6.45, 7) is 6.28. The van der Waals surface area contributed by atoms with Crippen molar-refractivity contribution in [3.63, 3.8) is 0 Å². The zero-order valence-corrected chi connectivity index (χ0v) is 13.2. The monoisotopic (exact) mass is 293 g/mol. The molecule has 0 fully saturated rings. The van der Waals surface area contributed by atoms with Crippen LogP contribution < -0.4 is 4.90 Å². The number of rotatable bonds is 2. The molecule has 0 aromatic heterocycles. The van der Waals surface area contributed by atoms with Crippen LogP contribution in [0.2, 0.25) is 0 Å². The molecule has 0 N–H and O–H groups in total. The van der Waals surface area contributed by atoms with E-state index in [0.717, 1.165) is 11.1 Å². The minimum Gasteiger partial charge on any atom is -0.334 e. The normalized spacial score (nSPS) is 11.6. The molecule has 3 aromatic rings. The van der Waals surface area contributed by atoms with Gasteiger partial charge in [-0.15, -0.1) is 0 Å². The Labute approximate surface area is 131 Å². The number of nitrogens with zero attached hydrogens (tertiary/aromatic N) is 1. The molecule has 1 nitrogen and oxygen atoms in total. The average molecular weight is 293 g/mol. The summed E-state index contributed by atoms with van der Waals surface area (Å²) in [5, 5.41) is 2.35. The molecule has 0 heterocycles. The Bertz CT molecular complexity index is 802. The van der Waals surface area contributed by atoms with Crippen LogP contribution in [-0.4, -0.2) is 5.54 Å². The van der Waals surface area contributed by atoms with Gasteiger partial charge in [-0.3, -0.25) is 0 Å². The van der Waals surface area contributed by atoms with Crippen LogP contribution in [0.5, 0.6) is 0 Å². The number of halogens is 1. The fraction of sp³-hybridized carbons (Fsp3) is 0.200. The maximum Gasteiger partial charge on any atom is 0.146 e. The lowest BCUT2D eigenvalue weighted by atomic mass is 10.0. The molecular formula is C20H20FN. The summed E-state index contributed by atoms with van der Waals surface area (Å²) in [5.74, 6) is -0.203. The Morgan fingerprint density at radius 2 is 1.41 bits per heavy atom. The largest absolute Gasteiger partial charge is 0.334 e. The molecule has 0 aliphatic rings. The lowest BCUT2D eigenvalue weighted by Gasteiger charge is -2.38. The van der Waals surface area contributed by atoms with Crippen LogP contribution in [0.4, 0.5) is 15.8 Å². The van der Waals surface area contributed by atoms with Crippen molar-refractivity contribution in [2.24, 2.45) is 0 Å². The molecule has 0 atom stereocenters. The SMILES string of the molecule is CC(C)(C)N(c1ccc2ccccc2c1)c1ccccc1F. The van der Waals surface area contributed by atoms with Gasteiger partial charge in [0.1, 0.15) is 5.82 Å². The van der Waals surface area contributed by atoms with Gasteiger partial charge in [0.05, 0.1) is 5.69 Å². The zero-order valence-electron chi connectivity index (χ0n) is 13.2. The van der Waals surface area contributed by atoms with Crippen molar-refractivity contribution in [2.45, 2.75) is 26.3 Å². The highest BCUT2D eigenvalue weighted by Crippen LogP contribution is 2.36. The zero-order chi connectivity index (χ0) is 15.7. The summed E-state index contributed by atoms with van der Waals surface area (Å²) in [6, 6.07) is 21.4. The van der Waals surface area contributed by atoms with Gasteiger partial charge in [-0.25, -0.2) is 4.39 Å². The first-order valence-corrected chi connectivity index (χ1v) is 7.50. The first-order chi connectivity index (χ1) is 10.5. The molecule has 3 rings (SSSR count). The van der Waals surface area contributed by atoms with Gasteiger partial charge in [0.2, 0.25) is 0 Å². The highest BCUT2D eigenvalue weighted by Gasteiger charge is 2.25. The van der Waals surface area contributed by atoms with Crippen LogP contribution in [0.1, 0.15) is 20.8 Å². The predicted molar refractivity (Wildman–Crippen MR) is 92.2 cm³/mol. The third-order valence-electron chi connectivity index (χ3n) is 3.76. The molecule has 0 bridgehead atoms. The number of hydrogen-bond donors (Lipinski definition) is 0. The van der Waals surface area contributed by atoms with Crippen LogP contribution >= 0.6 is 0 Å². The molecule has 0 spiro atoms. The molecule has 112 valence electrons. The minimum absolute atomic E-state index is 0.203. The fourth-order valence-corrected chi connectivity index (χ4v) is 2.84. The summed E-state index contributed by atoms with van der Waals surface area (Å²) < 4.78 is 14.3. The topological polar surface area (TPSA) is 3.24 Å². The van der Waals surface area contributed by atoms with Gasteiger partial charge in [0.15, 0.2) is 0 Å². The number of hydrogen-bond acceptors (Lipinski definition) is 1. The number of benzene rings is 3. The molecule has 0 radical (unpaired) electrons. The third kappa shape index (κ3) is 2.69. The molecule has 0 aliphatic carbocycles. The van der Waals surface area contributed by atoms with Crippen LogP contribution in [-0.2, 0) is 0 Å². The van der Waals surface area contributed by atoms with E-state index in [-0.39, 0.29) is 11.4 Å². The Morgan fingerprint density at radius 3 is 2.09 bits per heavy atom. The maximum atomic E-state index is 14.3. The van der Waals surface area contributed by atoms with Crippen molar-refractivity contribution in [1.29, 1.82) is 0 Å². The van der Waals surface area contributed by atoms with E-state index in [1.807, 2.05) is 24.3 Å². The molecule has 0 unspecified atom stereocenters. The number of fused-ring (bicyclic) bond motifs is 1. The van der Waals surface area contributed by atoms with Gasteiger partial charge in [-0.05, 0) is 55.8 Å². The molecule has 0 amide bonds. The molecule has 0 saturated carbocycles. The van der Waals surface area contributed by atoms with E-state index in [2.05, 4.69) is 56.0 Å². The highest BCUT2D eigenvalue weighted by molar-refractivity contribution is 5.87. The second kappa shape index (κ2) is 5.45. The summed E-state index contributed by atoms with van der Waals surface area (Å²) >= 11 is 0. The van der Waals surface area contributed by atoms with E-state index in [0.29, 0.717) is 5.69 Å². The lowest BCUT2D eigenvalue weighted by molar-refractivity contribution is 0.541. The van der Waals surface area contributed by atoms with Crippen molar-refractivity contribution in [1.82, 2.24) is 0 Å². The molecule has 2 heteroatoms. The van der Waals surface area contributed by atoms with Crippen LogP contribution in [0.15, 0.2) is 66.7 Å². The second-order valence-corrected chi connectivity index (χ2v) is 6.49. The Morgan fingerprint density at radius 1 is 0.773 bits per heavy atom. The minimum atomic E-state index is -0.231. The van der Waals surface area contributed by atoms with E-state index < -0.39 is 0 Å². The number of anilines is 2. The number of para-hydroxylation sites is 1. The summed E-state index contributed by atoms with van der Waals surface area (Å²) in [4.78, 5) is 2.05. The van der Waals surface area contributed by atoms with Crippen molar-refractivity contribution < 1.29 is 4.39 Å². The standard InChI is InChI=1S/C20H20FN/c1-20(2,3)22(19-11-7-6-10-18(19)21)17-13-12-15-8-4-5-9-16(15)14-17/h4-14H,1-3H3. The van der Waals surface area contributed by atoms with Crippen molar-refractivity contribution >= 4 is 22.1 Å². The van der Waals surface area contributed by atoms with E-state index in [1.54, 1.807) is 6.07 Å². The smallest absolute Gasteiger partial charge is 0.146 e.